The minimum absolute atomic E-state index is 0.550. The predicted molar refractivity (Wildman–Crippen MR) is 105 cm³/mol. The zero-order chi connectivity index (χ0) is 17.5. The smallest absolute Gasteiger partial charge is 0.150 e. The van der Waals surface area contributed by atoms with Gasteiger partial charge in [-0.25, -0.2) is 19.9 Å². The number of aromatic nitrogens is 4. The Labute approximate surface area is 156 Å². The van der Waals surface area contributed by atoms with Gasteiger partial charge in [0.2, 0.25) is 0 Å². The largest absolute Gasteiger partial charge is 0.355 e. The van der Waals surface area contributed by atoms with E-state index in [9.17, 15) is 0 Å². The second kappa shape index (κ2) is 6.46. The lowest BCUT2D eigenvalue weighted by Gasteiger charge is -2.40. The number of rotatable bonds is 4. The van der Waals surface area contributed by atoms with Crippen molar-refractivity contribution in [3.63, 3.8) is 0 Å². The van der Waals surface area contributed by atoms with E-state index in [4.69, 9.17) is 0 Å². The molecule has 3 aromatic heterocycles. The molecule has 1 saturated carbocycles. The van der Waals surface area contributed by atoms with E-state index in [-0.39, 0.29) is 0 Å². The Morgan fingerprint density at radius 1 is 1.00 bits per heavy atom. The van der Waals surface area contributed by atoms with Gasteiger partial charge in [-0.2, -0.15) is 0 Å². The van der Waals surface area contributed by atoms with Gasteiger partial charge in [-0.05, 0) is 44.1 Å². The Hall–Kier alpha value is -2.28. The quantitative estimate of drug-likeness (QED) is 0.705. The maximum Gasteiger partial charge on any atom is 0.150 e. The molecule has 134 valence electrons. The summed E-state index contributed by atoms with van der Waals surface area (Å²) in [5.74, 6) is 2.19. The fourth-order valence-corrected chi connectivity index (χ4v) is 4.83. The number of anilines is 2. The van der Waals surface area contributed by atoms with Crippen LogP contribution < -0.4 is 9.80 Å². The molecule has 0 aromatic carbocycles. The van der Waals surface area contributed by atoms with Crippen LogP contribution in [0.5, 0.6) is 0 Å². The maximum absolute atomic E-state index is 4.58. The van der Waals surface area contributed by atoms with Crippen LogP contribution in [0.4, 0.5) is 11.6 Å². The van der Waals surface area contributed by atoms with Gasteiger partial charge in [-0.1, -0.05) is 0 Å². The van der Waals surface area contributed by atoms with E-state index in [1.165, 1.54) is 17.5 Å². The van der Waals surface area contributed by atoms with Crippen LogP contribution in [0.3, 0.4) is 0 Å². The third kappa shape index (κ3) is 2.90. The summed E-state index contributed by atoms with van der Waals surface area (Å²) >= 11 is 1.73. The number of thiophene rings is 1. The van der Waals surface area contributed by atoms with Crippen LogP contribution in [0, 0.1) is 6.92 Å². The molecule has 1 aliphatic carbocycles. The number of aryl methyl sites for hydroxylation is 1. The minimum Gasteiger partial charge on any atom is -0.355 e. The molecule has 1 aliphatic heterocycles. The second-order valence-electron chi connectivity index (χ2n) is 7.21. The number of hydrogen-bond acceptors (Lipinski definition) is 7. The van der Waals surface area contributed by atoms with Crippen molar-refractivity contribution < 1.29 is 0 Å². The van der Waals surface area contributed by atoms with Crippen LogP contribution in [0.25, 0.3) is 10.2 Å². The maximum atomic E-state index is 4.58. The summed E-state index contributed by atoms with van der Waals surface area (Å²) in [6, 6.07) is 5.41. The van der Waals surface area contributed by atoms with E-state index in [1.807, 2.05) is 6.92 Å². The fraction of sp³-hybridized carbons (Fsp3) is 0.474. The van der Waals surface area contributed by atoms with Crippen LogP contribution in [0.2, 0.25) is 0 Å². The first-order valence-corrected chi connectivity index (χ1v) is 10.2. The lowest BCUT2D eigenvalue weighted by molar-refractivity contribution is 0.458. The number of hydrogen-bond donors (Lipinski definition) is 0. The Morgan fingerprint density at radius 2 is 1.77 bits per heavy atom. The molecule has 5 rings (SSSR count). The number of piperidine rings is 1. The van der Waals surface area contributed by atoms with E-state index < -0.39 is 0 Å². The summed E-state index contributed by atoms with van der Waals surface area (Å²) in [7, 11) is 0. The fourth-order valence-electron chi connectivity index (χ4n) is 3.96. The van der Waals surface area contributed by atoms with Crippen LogP contribution in [-0.4, -0.2) is 45.1 Å². The lowest BCUT2D eigenvalue weighted by Crippen LogP contribution is -2.46. The van der Waals surface area contributed by atoms with E-state index >= 15 is 0 Å². The van der Waals surface area contributed by atoms with Crippen LogP contribution in [-0.2, 0) is 0 Å². The molecule has 0 spiro atoms. The molecule has 1 saturated heterocycles. The van der Waals surface area contributed by atoms with E-state index in [1.54, 1.807) is 24.0 Å². The first-order valence-electron chi connectivity index (χ1n) is 9.30. The molecule has 3 aromatic rings. The van der Waals surface area contributed by atoms with Crippen molar-refractivity contribution >= 4 is 33.2 Å². The van der Waals surface area contributed by atoms with Gasteiger partial charge < -0.3 is 9.80 Å². The first kappa shape index (κ1) is 15.9. The van der Waals surface area contributed by atoms with Crippen molar-refractivity contribution in [1.29, 1.82) is 0 Å². The summed E-state index contributed by atoms with van der Waals surface area (Å²) < 4.78 is 1.21. The Morgan fingerprint density at radius 3 is 2.54 bits per heavy atom. The number of fused-ring (bicyclic) bond motifs is 1. The molecule has 0 N–H and O–H groups in total. The van der Waals surface area contributed by atoms with Gasteiger partial charge >= 0.3 is 0 Å². The zero-order valence-electron chi connectivity index (χ0n) is 14.9. The van der Waals surface area contributed by atoms with E-state index in [2.05, 4.69) is 47.2 Å². The summed E-state index contributed by atoms with van der Waals surface area (Å²) in [6.07, 6.45) is 8.23. The highest BCUT2D eigenvalue weighted by Gasteiger charge is 2.36. The molecular formula is C19H22N6S. The Kier molecular flexibility index (Phi) is 3.96. The SMILES string of the molecule is Cc1cc(N(C2CC2)C2CCN(c3ncnc4ccsc34)CC2)ncn1. The molecule has 0 radical (unpaired) electrons. The first-order chi connectivity index (χ1) is 12.8. The molecule has 4 heterocycles. The average Bonchev–Trinajstić information content (AvgIpc) is 3.37. The zero-order valence-corrected chi connectivity index (χ0v) is 15.7. The molecule has 0 bridgehead atoms. The van der Waals surface area contributed by atoms with E-state index in [0.717, 1.165) is 48.8 Å². The van der Waals surface area contributed by atoms with Gasteiger partial charge in [0.25, 0.3) is 0 Å². The number of nitrogens with zero attached hydrogens (tertiary/aromatic N) is 6. The third-order valence-electron chi connectivity index (χ3n) is 5.38. The summed E-state index contributed by atoms with van der Waals surface area (Å²) in [4.78, 5) is 22.8. The van der Waals surface area contributed by atoms with Gasteiger partial charge in [-0.15, -0.1) is 11.3 Å². The molecular weight excluding hydrogens is 344 g/mol. The molecule has 2 aliphatic rings. The minimum atomic E-state index is 0.550. The Bertz CT molecular complexity index is 913. The molecule has 6 nitrogen and oxygen atoms in total. The van der Waals surface area contributed by atoms with Gasteiger partial charge in [0.15, 0.2) is 0 Å². The van der Waals surface area contributed by atoms with Crippen LogP contribution >= 0.6 is 11.3 Å². The highest BCUT2D eigenvalue weighted by atomic mass is 32.1. The van der Waals surface area contributed by atoms with Crippen molar-refractivity contribution in [2.24, 2.45) is 0 Å². The normalized spacial score (nSPS) is 18.4. The highest BCUT2D eigenvalue weighted by Crippen LogP contribution is 2.36. The molecule has 26 heavy (non-hydrogen) atoms. The van der Waals surface area contributed by atoms with Crippen LogP contribution in [0.15, 0.2) is 30.2 Å². The second-order valence-corrected chi connectivity index (χ2v) is 8.12. The van der Waals surface area contributed by atoms with Crippen LogP contribution in [0.1, 0.15) is 31.4 Å². The summed E-state index contributed by atoms with van der Waals surface area (Å²) in [5.41, 5.74) is 2.09. The Balaban J connectivity index is 1.35. The summed E-state index contributed by atoms with van der Waals surface area (Å²) in [6.45, 7) is 4.10. The predicted octanol–water partition coefficient (Wildman–Crippen LogP) is 3.43. The molecule has 2 fully saturated rings. The molecule has 0 unspecified atom stereocenters. The van der Waals surface area contributed by atoms with E-state index in [0.29, 0.717) is 12.1 Å². The average molecular weight is 366 g/mol. The van der Waals surface area contributed by atoms with Gasteiger partial charge in [-0.3, -0.25) is 0 Å². The molecule has 0 atom stereocenters. The van der Waals surface area contributed by atoms with Gasteiger partial charge in [0.1, 0.15) is 24.3 Å². The third-order valence-corrected chi connectivity index (χ3v) is 6.28. The highest BCUT2D eigenvalue weighted by molar-refractivity contribution is 7.17. The topological polar surface area (TPSA) is 58.0 Å². The van der Waals surface area contributed by atoms with Crippen molar-refractivity contribution in [3.8, 4) is 0 Å². The van der Waals surface area contributed by atoms with Crippen molar-refractivity contribution in [1.82, 2.24) is 19.9 Å². The van der Waals surface area contributed by atoms with Gasteiger partial charge in [0, 0.05) is 36.9 Å². The van der Waals surface area contributed by atoms with Crippen molar-refractivity contribution in [2.75, 3.05) is 22.9 Å². The monoisotopic (exact) mass is 366 g/mol. The molecule has 7 heteroatoms. The summed E-state index contributed by atoms with van der Waals surface area (Å²) in [5, 5.41) is 2.10. The van der Waals surface area contributed by atoms with Crippen molar-refractivity contribution in [2.45, 2.75) is 44.7 Å². The standard InChI is InChI=1S/C19H22N6S/c1-13-10-17(22-11-20-13)25(14-2-3-14)15-4-7-24(8-5-15)19-18-16(6-9-26-18)21-12-23-19/h6,9-12,14-15H,2-5,7-8H2,1H3. The van der Waals surface area contributed by atoms with Crippen molar-refractivity contribution in [3.05, 3.63) is 35.9 Å². The lowest BCUT2D eigenvalue weighted by atomic mass is 10.0. The molecule has 0 amide bonds. The van der Waals surface area contributed by atoms with Gasteiger partial charge in [0.05, 0.1) is 10.2 Å².